The Morgan fingerprint density at radius 2 is 1.35 bits per heavy atom. The first kappa shape index (κ1) is 24.2. The molecule has 3 aliphatic heterocycles. The van der Waals surface area contributed by atoms with Gasteiger partial charge in [-0.2, -0.15) is 0 Å². The van der Waals surface area contributed by atoms with Crippen LogP contribution in [0.4, 0.5) is 5.69 Å². The van der Waals surface area contributed by atoms with E-state index in [4.69, 9.17) is 14.2 Å². The maximum absolute atomic E-state index is 14.6. The van der Waals surface area contributed by atoms with Gasteiger partial charge in [-0.05, 0) is 51.6 Å². The number of ether oxygens (including phenoxy) is 3. The molecule has 0 spiro atoms. The van der Waals surface area contributed by atoms with Crippen molar-refractivity contribution in [3.8, 4) is 17.2 Å². The molecule has 9 rings (SSSR count). The summed E-state index contributed by atoms with van der Waals surface area (Å²) in [5, 5.41) is 3.63. The van der Waals surface area contributed by atoms with Crippen LogP contribution < -0.4 is 19.1 Å². The third-order valence-corrected chi connectivity index (χ3v) is 9.27. The fourth-order valence-corrected chi connectivity index (χ4v) is 7.42. The highest BCUT2D eigenvalue weighted by Gasteiger charge is 2.60. The summed E-state index contributed by atoms with van der Waals surface area (Å²) in [5.74, 6) is -2.76. The van der Waals surface area contributed by atoms with Crippen LogP contribution in [0.2, 0.25) is 0 Å². The van der Waals surface area contributed by atoms with Gasteiger partial charge in [0.15, 0.2) is 11.5 Å². The van der Waals surface area contributed by atoms with Gasteiger partial charge in [-0.3, -0.25) is 14.4 Å². The number of allylic oxidation sites excluding steroid dienone is 1. The van der Waals surface area contributed by atoms with Crippen molar-refractivity contribution in [3.63, 3.8) is 0 Å². The number of imide groups is 1. The topological polar surface area (TPSA) is 82.1 Å². The zero-order valence-electron chi connectivity index (χ0n) is 22.7. The van der Waals surface area contributed by atoms with E-state index in [1.54, 1.807) is 12.1 Å². The summed E-state index contributed by atoms with van der Waals surface area (Å²) in [4.78, 5) is 44.2. The Morgan fingerprint density at radius 1 is 0.651 bits per heavy atom. The molecule has 43 heavy (non-hydrogen) atoms. The molecule has 1 aliphatic carbocycles. The highest BCUT2D eigenvalue weighted by molar-refractivity contribution is 6.27. The van der Waals surface area contributed by atoms with Crippen molar-refractivity contribution in [2.24, 2.45) is 17.8 Å². The van der Waals surface area contributed by atoms with Crippen LogP contribution in [0.15, 0.2) is 103 Å². The first-order valence-corrected chi connectivity index (χ1v) is 14.3. The molecular formula is C36H23NO6. The number of rotatable bonds is 2. The van der Waals surface area contributed by atoms with E-state index >= 15 is 0 Å². The van der Waals surface area contributed by atoms with Crippen molar-refractivity contribution < 1.29 is 28.6 Å². The van der Waals surface area contributed by atoms with Gasteiger partial charge < -0.3 is 14.2 Å². The molecule has 1 saturated heterocycles. The summed E-state index contributed by atoms with van der Waals surface area (Å²) in [7, 11) is 0. The summed E-state index contributed by atoms with van der Waals surface area (Å²) in [6.07, 6.45) is 2.01. The lowest BCUT2D eigenvalue weighted by atomic mass is 9.64. The van der Waals surface area contributed by atoms with E-state index in [0.29, 0.717) is 28.5 Å². The van der Waals surface area contributed by atoms with Crippen LogP contribution >= 0.6 is 0 Å². The van der Waals surface area contributed by atoms with Crippen LogP contribution in [0, 0.1) is 17.8 Å². The molecule has 7 nitrogen and oxygen atoms in total. The van der Waals surface area contributed by atoms with Crippen LogP contribution in [0.25, 0.3) is 27.1 Å². The summed E-state index contributed by atoms with van der Waals surface area (Å²) < 4.78 is 17.1. The average molecular weight is 566 g/mol. The molecule has 5 aromatic carbocycles. The Morgan fingerprint density at radius 3 is 2.21 bits per heavy atom. The Kier molecular flexibility index (Phi) is 4.94. The van der Waals surface area contributed by atoms with Gasteiger partial charge >= 0.3 is 5.97 Å². The van der Waals surface area contributed by atoms with Crippen molar-refractivity contribution in [1.29, 1.82) is 0 Å². The first-order chi connectivity index (χ1) is 21.1. The molecule has 7 heteroatoms. The number of benzene rings is 5. The monoisotopic (exact) mass is 565 g/mol. The Labute approximate surface area is 245 Å². The van der Waals surface area contributed by atoms with Crippen LogP contribution in [0.1, 0.15) is 17.0 Å². The zero-order chi connectivity index (χ0) is 28.8. The van der Waals surface area contributed by atoms with E-state index in [-0.39, 0.29) is 12.7 Å². The fourth-order valence-electron chi connectivity index (χ4n) is 7.42. The largest absolute Gasteiger partial charge is 0.454 e. The molecule has 0 saturated carbocycles. The maximum atomic E-state index is 14.6. The second-order valence-electron chi connectivity index (χ2n) is 11.4. The fraction of sp³-hybridized carbons (Fsp3) is 0.139. The van der Waals surface area contributed by atoms with Crippen LogP contribution in [-0.2, 0) is 14.4 Å². The lowest BCUT2D eigenvalue weighted by Gasteiger charge is -2.38. The smallest absolute Gasteiger partial charge is 0.319 e. The maximum Gasteiger partial charge on any atom is 0.319 e. The molecule has 0 bridgehead atoms. The number of esters is 1. The normalized spacial score (nSPS) is 23.6. The van der Waals surface area contributed by atoms with Crippen LogP contribution in [0.3, 0.4) is 0 Å². The number of nitrogens with zero attached hydrogens (tertiary/aromatic N) is 1. The van der Waals surface area contributed by atoms with Crippen molar-refractivity contribution in [2.75, 3.05) is 11.7 Å². The lowest BCUT2D eigenvalue weighted by Crippen LogP contribution is -2.42. The van der Waals surface area contributed by atoms with Gasteiger partial charge in [-0.1, -0.05) is 78.9 Å². The van der Waals surface area contributed by atoms with Crippen molar-refractivity contribution >= 4 is 50.6 Å². The molecule has 208 valence electrons. The summed E-state index contributed by atoms with van der Waals surface area (Å²) in [6.45, 7) is 0.121. The predicted molar refractivity (Wildman–Crippen MR) is 160 cm³/mol. The number of carbonyl (C=O) groups excluding carboxylic acids is 3. The third-order valence-electron chi connectivity index (χ3n) is 9.27. The second kappa shape index (κ2) is 8.79. The van der Waals surface area contributed by atoms with E-state index in [2.05, 4.69) is 0 Å². The van der Waals surface area contributed by atoms with Crippen LogP contribution in [0.5, 0.6) is 17.2 Å². The molecule has 0 radical (unpaired) electrons. The summed E-state index contributed by atoms with van der Waals surface area (Å²) in [6, 6.07) is 30.5. The Hall–Kier alpha value is -5.43. The number of fused-ring (bicyclic) bond motifs is 9. The Balaban J connectivity index is 1.28. The van der Waals surface area contributed by atoms with Crippen LogP contribution in [-0.4, -0.2) is 24.6 Å². The zero-order valence-corrected chi connectivity index (χ0v) is 22.7. The minimum atomic E-state index is -0.943. The van der Waals surface area contributed by atoms with Gasteiger partial charge in [0, 0.05) is 16.9 Å². The van der Waals surface area contributed by atoms with Gasteiger partial charge in [0.25, 0.3) is 0 Å². The minimum Gasteiger partial charge on any atom is -0.454 e. The number of anilines is 1. The predicted octanol–water partition coefficient (Wildman–Crippen LogP) is 6.24. The van der Waals surface area contributed by atoms with Gasteiger partial charge in [0.2, 0.25) is 18.6 Å². The molecule has 1 fully saturated rings. The highest BCUT2D eigenvalue weighted by atomic mass is 16.7. The number of hydrogen-bond acceptors (Lipinski definition) is 6. The number of carbonyl (C=O) groups is 3. The average Bonchev–Trinajstić information content (AvgIpc) is 3.61. The second-order valence-corrected chi connectivity index (χ2v) is 11.4. The highest BCUT2D eigenvalue weighted by Crippen LogP contribution is 2.56. The molecule has 5 aromatic rings. The third kappa shape index (κ3) is 3.33. The van der Waals surface area contributed by atoms with E-state index in [9.17, 15) is 14.4 Å². The number of amides is 2. The van der Waals surface area contributed by atoms with Gasteiger partial charge in [0.1, 0.15) is 5.75 Å². The summed E-state index contributed by atoms with van der Waals surface area (Å²) >= 11 is 0. The molecule has 0 N–H and O–H groups in total. The van der Waals surface area contributed by atoms with Crippen molar-refractivity contribution in [3.05, 3.63) is 114 Å². The van der Waals surface area contributed by atoms with Gasteiger partial charge in [-0.25, -0.2) is 4.90 Å². The molecule has 0 aromatic heterocycles. The molecule has 0 unspecified atom stereocenters. The van der Waals surface area contributed by atoms with E-state index in [1.807, 2.05) is 91.0 Å². The van der Waals surface area contributed by atoms with E-state index in [1.165, 1.54) is 4.90 Å². The van der Waals surface area contributed by atoms with E-state index in [0.717, 1.165) is 32.7 Å². The first-order valence-electron chi connectivity index (χ1n) is 14.3. The van der Waals surface area contributed by atoms with Crippen molar-refractivity contribution in [2.45, 2.75) is 5.92 Å². The molecule has 3 heterocycles. The Bertz CT molecular complexity index is 2090. The molecule has 2 amide bonds. The van der Waals surface area contributed by atoms with Crippen molar-refractivity contribution in [1.82, 2.24) is 0 Å². The quantitative estimate of drug-likeness (QED) is 0.143. The lowest BCUT2D eigenvalue weighted by molar-refractivity contribution is -0.142. The SMILES string of the molecule is O=C1Oc2ccc3ccccc3c2C2=C[C@H](c3ccc4c(c3)OCO4)[C@@H]3C(=O)N(c4cccc5ccccc45)C(=O)[C@H]3[C@H]12. The molecular weight excluding hydrogens is 542 g/mol. The standard InChI is InChI=1S/C36H23NO6/c38-34-31-24(21-13-14-27-29(16-21)42-18-41-27)17-25-30-23-10-4-2-7-20(23)12-15-28(30)43-36(40)32(25)33(31)35(39)37(34)26-11-5-8-19-6-1-3-9-22(19)26/h1-17,24,31-33H,18H2/t24-,31+,32-,33-/m1/s1. The number of hydrogen-bond donors (Lipinski definition) is 0. The van der Waals surface area contributed by atoms with E-state index < -0.39 is 35.5 Å². The van der Waals surface area contributed by atoms with Gasteiger partial charge in [-0.15, -0.1) is 0 Å². The minimum absolute atomic E-state index is 0.121. The molecule has 4 aliphatic rings. The molecule has 4 atom stereocenters. The summed E-state index contributed by atoms with van der Waals surface area (Å²) in [5.41, 5.74) is 2.83. The van der Waals surface area contributed by atoms with Gasteiger partial charge in [0.05, 0.1) is 23.4 Å².